The maximum absolute atomic E-state index is 6.00. The third-order valence-electron chi connectivity index (χ3n) is 6.71. The van der Waals surface area contributed by atoms with Crippen molar-refractivity contribution in [1.29, 1.82) is 0 Å². The fourth-order valence-electron chi connectivity index (χ4n) is 5.04. The van der Waals surface area contributed by atoms with Crippen LogP contribution in [0, 0.1) is 23.2 Å². The first-order chi connectivity index (χ1) is 11.0. The zero-order valence-electron chi connectivity index (χ0n) is 14.3. The van der Waals surface area contributed by atoms with Crippen LogP contribution in [0.3, 0.4) is 0 Å². The van der Waals surface area contributed by atoms with Gasteiger partial charge in [0, 0.05) is 31.9 Å². The molecule has 2 heterocycles. The van der Waals surface area contributed by atoms with Gasteiger partial charge in [-0.3, -0.25) is 0 Å². The number of aromatic nitrogens is 2. The zero-order chi connectivity index (χ0) is 16.0. The van der Waals surface area contributed by atoms with E-state index in [-0.39, 0.29) is 6.04 Å². The fourth-order valence-corrected chi connectivity index (χ4v) is 5.04. The number of hydrogen-bond acceptors (Lipinski definition) is 5. The van der Waals surface area contributed by atoms with Crippen LogP contribution in [0.5, 0.6) is 0 Å². The van der Waals surface area contributed by atoms with E-state index in [2.05, 4.69) is 29.0 Å². The standard InChI is InChI=1S/C18H29N5/c1-18(2)13-4-3-12(15(18)9-13)10-21-17-20-7-5-16(22-17)23-8-6-14(19)11-23/h5,7,12-15H,3-4,6,8-11,19H2,1-2H3,(H,20,21,22)/t12?,13?,14-,15?/m1/s1. The third kappa shape index (κ3) is 2.69. The molecule has 3 saturated carbocycles. The van der Waals surface area contributed by atoms with Gasteiger partial charge in [0.2, 0.25) is 5.95 Å². The van der Waals surface area contributed by atoms with Crippen molar-refractivity contribution in [3.05, 3.63) is 12.3 Å². The van der Waals surface area contributed by atoms with Crippen molar-refractivity contribution in [2.75, 3.05) is 29.9 Å². The van der Waals surface area contributed by atoms with Gasteiger partial charge in [-0.15, -0.1) is 0 Å². The van der Waals surface area contributed by atoms with Gasteiger partial charge in [0.1, 0.15) is 5.82 Å². The van der Waals surface area contributed by atoms with Crippen molar-refractivity contribution in [2.45, 2.75) is 45.6 Å². The summed E-state index contributed by atoms with van der Waals surface area (Å²) in [6, 6.07) is 2.26. The molecule has 1 aromatic heterocycles. The minimum atomic E-state index is 0.275. The molecule has 4 fully saturated rings. The molecular weight excluding hydrogens is 286 g/mol. The Morgan fingerprint density at radius 3 is 2.91 bits per heavy atom. The molecule has 5 rings (SSSR count). The van der Waals surface area contributed by atoms with E-state index in [9.17, 15) is 0 Å². The van der Waals surface area contributed by atoms with Crippen molar-refractivity contribution in [3.8, 4) is 0 Å². The Kier molecular flexibility index (Phi) is 3.71. The molecule has 1 aromatic rings. The summed E-state index contributed by atoms with van der Waals surface area (Å²) in [5.41, 5.74) is 6.54. The zero-order valence-corrected chi connectivity index (χ0v) is 14.3. The lowest BCUT2D eigenvalue weighted by Gasteiger charge is -2.60. The molecule has 1 saturated heterocycles. The summed E-state index contributed by atoms with van der Waals surface area (Å²) in [5, 5.41) is 3.50. The molecule has 2 bridgehead atoms. The molecule has 0 aromatic carbocycles. The van der Waals surface area contributed by atoms with Gasteiger partial charge >= 0.3 is 0 Å². The first-order valence-corrected chi connectivity index (χ1v) is 9.11. The van der Waals surface area contributed by atoms with Gasteiger partial charge in [-0.25, -0.2) is 4.98 Å². The van der Waals surface area contributed by atoms with Gasteiger partial charge < -0.3 is 16.0 Å². The third-order valence-corrected chi connectivity index (χ3v) is 6.71. The second-order valence-electron chi connectivity index (χ2n) is 8.31. The Hall–Kier alpha value is -1.36. The first-order valence-electron chi connectivity index (χ1n) is 9.11. The van der Waals surface area contributed by atoms with Crippen molar-refractivity contribution >= 4 is 11.8 Å². The molecule has 5 heteroatoms. The van der Waals surface area contributed by atoms with Crippen molar-refractivity contribution in [1.82, 2.24) is 9.97 Å². The maximum atomic E-state index is 6.00. The highest BCUT2D eigenvalue weighted by Crippen LogP contribution is 2.61. The molecule has 23 heavy (non-hydrogen) atoms. The monoisotopic (exact) mass is 315 g/mol. The van der Waals surface area contributed by atoms with Crippen LogP contribution in [-0.2, 0) is 0 Å². The van der Waals surface area contributed by atoms with Crippen LogP contribution in [0.15, 0.2) is 12.3 Å². The van der Waals surface area contributed by atoms with Crippen LogP contribution in [-0.4, -0.2) is 35.6 Å². The predicted molar refractivity (Wildman–Crippen MR) is 93.4 cm³/mol. The Labute approximate surface area is 139 Å². The van der Waals surface area contributed by atoms with Crippen LogP contribution < -0.4 is 16.0 Å². The molecule has 4 atom stereocenters. The average molecular weight is 315 g/mol. The van der Waals surface area contributed by atoms with Crippen LogP contribution in [0.2, 0.25) is 0 Å². The maximum Gasteiger partial charge on any atom is 0.224 e. The Bertz CT molecular complexity index is 570. The lowest BCUT2D eigenvalue weighted by atomic mass is 9.45. The minimum absolute atomic E-state index is 0.275. The van der Waals surface area contributed by atoms with Gasteiger partial charge in [-0.1, -0.05) is 13.8 Å². The molecular formula is C18H29N5. The van der Waals surface area contributed by atoms with Gasteiger partial charge in [0.25, 0.3) is 0 Å². The van der Waals surface area contributed by atoms with Gasteiger partial charge in [-0.05, 0) is 54.9 Å². The summed E-state index contributed by atoms with van der Waals surface area (Å²) in [7, 11) is 0. The highest BCUT2D eigenvalue weighted by atomic mass is 15.2. The Morgan fingerprint density at radius 1 is 1.35 bits per heavy atom. The molecule has 0 spiro atoms. The molecule has 3 N–H and O–H groups in total. The number of anilines is 2. The van der Waals surface area contributed by atoms with Crippen LogP contribution in [0.4, 0.5) is 11.8 Å². The van der Waals surface area contributed by atoms with E-state index < -0.39 is 0 Å². The van der Waals surface area contributed by atoms with E-state index in [0.29, 0.717) is 5.41 Å². The topological polar surface area (TPSA) is 67.1 Å². The summed E-state index contributed by atoms with van der Waals surface area (Å²) in [6.07, 6.45) is 7.08. The molecule has 3 aliphatic carbocycles. The number of hydrogen-bond donors (Lipinski definition) is 2. The van der Waals surface area contributed by atoms with Crippen molar-refractivity contribution in [3.63, 3.8) is 0 Å². The normalized spacial score (nSPS) is 35.0. The summed E-state index contributed by atoms with van der Waals surface area (Å²) >= 11 is 0. The van der Waals surface area contributed by atoms with Crippen molar-refractivity contribution < 1.29 is 0 Å². The van der Waals surface area contributed by atoms with Crippen LogP contribution in [0.1, 0.15) is 39.5 Å². The second kappa shape index (κ2) is 5.62. The summed E-state index contributed by atoms with van der Waals surface area (Å²) < 4.78 is 0. The lowest BCUT2D eigenvalue weighted by molar-refractivity contribution is -0.100. The number of nitrogens with one attached hydrogen (secondary N) is 1. The molecule has 0 amide bonds. The van der Waals surface area contributed by atoms with Gasteiger partial charge in [-0.2, -0.15) is 4.98 Å². The number of nitrogens with zero attached hydrogens (tertiary/aromatic N) is 3. The second-order valence-corrected chi connectivity index (χ2v) is 8.31. The summed E-state index contributed by atoms with van der Waals surface area (Å²) in [5.74, 6) is 4.36. The van der Waals surface area contributed by atoms with Gasteiger partial charge in [0.15, 0.2) is 0 Å². The lowest BCUT2D eigenvalue weighted by Crippen LogP contribution is -2.53. The van der Waals surface area contributed by atoms with E-state index in [1.165, 1.54) is 19.3 Å². The smallest absolute Gasteiger partial charge is 0.224 e. The van der Waals surface area contributed by atoms with E-state index in [0.717, 1.165) is 55.6 Å². The average Bonchev–Trinajstić information content (AvgIpc) is 3.00. The number of rotatable bonds is 4. The van der Waals surface area contributed by atoms with E-state index in [4.69, 9.17) is 10.7 Å². The number of nitrogens with two attached hydrogens (primary N) is 1. The molecule has 126 valence electrons. The summed E-state index contributed by atoms with van der Waals surface area (Å²) in [4.78, 5) is 11.4. The highest BCUT2D eigenvalue weighted by Gasteiger charge is 2.53. The van der Waals surface area contributed by atoms with E-state index >= 15 is 0 Å². The van der Waals surface area contributed by atoms with E-state index in [1.54, 1.807) is 0 Å². The molecule has 5 nitrogen and oxygen atoms in total. The Morgan fingerprint density at radius 2 is 2.22 bits per heavy atom. The van der Waals surface area contributed by atoms with Crippen molar-refractivity contribution in [2.24, 2.45) is 28.9 Å². The first kappa shape index (κ1) is 15.2. The molecule has 3 unspecified atom stereocenters. The molecule has 0 radical (unpaired) electrons. The van der Waals surface area contributed by atoms with Gasteiger partial charge in [0.05, 0.1) is 0 Å². The molecule has 4 aliphatic rings. The SMILES string of the molecule is CC1(C)C2CCC(CNc3nccc(N4CC[C@@H](N)C4)n3)C1C2. The highest BCUT2D eigenvalue weighted by molar-refractivity contribution is 5.43. The van der Waals surface area contributed by atoms with E-state index in [1.807, 2.05) is 12.3 Å². The Balaban J connectivity index is 1.38. The summed E-state index contributed by atoms with van der Waals surface area (Å²) in [6.45, 7) is 7.80. The largest absolute Gasteiger partial charge is 0.355 e. The molecule has 1 aliphatic heterocycles. The fraction of sp³-hybridized carbons (Fsp3) is 0.778. The van der Waals surface area contributed by atoms with Crippen LogP contribution >= 0.6 is 0 Å². The minimum Gasteiger partial charge on any atom is -0.355 e. The predicted octanol–water partition coefficient (Wildman–Crippen LogP) is 2.50. The number of fused-ring (bicyclic) bond motifs is 2. The van der Waals surface area contributed by atoms with Crippen LogP contribution in [0.25, 0.3) is 0 Å². The quantitative estimate of drug-likeness (QED) is 0.893.